The zero-order valence-electron chi connectivity index (χ0n) is 10.5. The molecule has 1 atom stereocenters. The predicted octanol–water partition coefficient (Wildman–Crippen LogP) is 4.44. The Kier molecular flexibility index (Phi) is 4.75. The predicted molar refractivity (Wildman–Crippen MR) is 73.2 cm³/mol. The molecule has 0 spiro atoms. The van der Waals surface area contributed by atoms with Crippen LogP contribution in [0, 0.1) is 5.41 Å². The van der Waals surface area contributed by atoms with Crippen LogP contribution < -0.4 is 0 Å². The fourth-order valence-corrected chi connectivity index (χ4v) is 2.15. The Hall–Kier alpha value is -0.830. The molecule has 0 fully saturated rings. The van der Waals surface area contributed by atoms with Crippen molar-refractivity contribution < 1.29 is 9.90 Å². The van der Waals surface area contributed by atoms with E-state index in [9.17, 15) is 9.90 Å². The Morgan fingerprint density at radius 1 is 1.41 bits per heavy atom. The van der Waals surface area contributed by atoms with E-state index in [-0.39, 0.29) is 5.41 Å². The van der Waals surface area contributed by atoms with Gasteiger partial charge < -0.3 is 5.11 Å². The van der Waals surface area contributed by atoms with Gasteiger partial charge in [0.2, 0.25) is 0 Å². The molecule has 1 unspecified atom stereocenters. The van der Waals surface area contributed by atoms with E-state index >= 15 is 0 Å². The summed E-state index contributed by atoms with van der Waals surface area (Å²) in [6.45, 7) is 6.40. The normalized spacial score (nSPS) is 13.4. The molecule has 0 saturated carbocycles. The van der Waals surface area contributed by atoms with Crippen molar-refractivity contribution in [2.75, 3.05) is 0 Å². The summed E-state index contributed by atoms with van der Waals surface area (Å²) in [7, 11) is 0. The summed E-state index contributed by atoms with van der Waals surface area (Å²) in [6, 6.07) is 7.56. The molecule has 1 N–H and O–H groups in total. The number of carboxylic acid groups (broad SMARTS) is 1. The number of hydrogen-bond donors (Lipinski definition) is 1. The van der Waals surface area contributed by atoms with Gasteiger partial charge in [-0.05, 0) is 36.0 Å². The van der Waals surface area contributed by atoms with E-state index in [1.807, 2.05) is 24.3 Å². The third-order valence-corrected chi connectivity index (χ3v) is 3.23. The summed E-state index contributed by atoms with van der Waals surface area (Å²) >= 11 is 3.38. The van der Waals surface area contributed by atoms with Gasteiger partial charge in [-0.25, -0.2) is 0 Å². The zero-order chi connectivity index (χ0) is 13.1. The van der Waals surface area contributed by atoms with E-state index in [1.54, 1.807) is 0 Å². The number of hydrogen-bond acceptors (Lipinski definition) is 1. The number of carboxylic acids is 1. The van der Waals surface area contributed by atoms with E-state index in [1.165, 1.54) is 0 Å². The molecule has 0 aliphatic rings. The first-order valence-corrected chi connectivity index (χ1v) is 6.57. The molecule has 17 heavy (non-hydrogen) atoms. The lowest BCUT2D eigenvalue weighted by Gasteiger charge is -2.21. The van der Waals surface area contributed by atoms with Crippen LogP contribution >= 0.6 is 15.9 Å². The van der Waals surface area contributed by atoms with Gasteiger partial charge in [0.15, 0.2) is 0 Å². The maximum absolute atomic E-state index is 11.3. The molecule has 3 heteroatoms. The van der Waals surface area contributed by atoms with Crippen molar-refractivity contribution in [3.8, 4) is 0 Å². The molecule has 1 rings (SSSR count). The van der Waals surface area contributed by atoms with E-state index in [0.717, 1.165) is 16.5 Å². The van der Waals surface area contributed by atoms with Crippen LogP contribution in [0.2, 0.25) is 0 Å². The van der Waals surface area contributed by atoms with Crippen LogP contribution in [0.3, 0.4) is 0 Å². The average Bonchev–Trinajstić information content (AvgIpc) is 2.15. The highest BCUT2D eigenvalue weighted by molar-refractivity contribution is 9.10. The number of halogens is 1. The van der Waals surface area contributed by atoms with Crippen LogP contribution in [0.4, 0.5) is 0 Å². The summed E-state index contributed by atoms with van der Waals surface area (Å²) in [5, 5.41) is 9.30. The average molecular weight is 299 g/mol. The largest absolute Gasteiger partial charge is 0.481 e. The van der Waals surface area contributed by atoms with Crippen molar-refractivity contribution >= 4 is 21.9 Å². The van der Waals surface area contributed by atoms with Gasteiger partial charge in [-0.1, -0.05) is 48.8 Å². The Balaban J connectivity index is 2.83. The summed E-state index contributed by atoms with van der Waals surface area (Å²) in [4.78, 5) is 11.3. The van der Waals surface area contributed by atoms with Crippen LogP contribution in [-0.2, 0) is 4.79 Å². The fraction of sp³-hybridized carbons (Fsp3) is 0.500. The molecule has 1 aromatic carbocycles. The van der Waals surface area contributed by atoms with Crippen molar-refractivity contribution in [1.82, 2.24) is 0 Å². The monoisotopic (exact) mass is 298 g/mol. The first kappa shape index (κ1) is 14.2. The molecule has 0 bridgehead atoms. The molecule has 0 aliphatic carbocycles. The summed E-state index contributed by atoms with van der Waals surface area (Å²) < 4.78 is 0.928. The third-order valence-electron chi connectivity index (χ3n) is 2.73. The number of aliphatic carboxylic acids is 1. The smallest absolute Gasteiger partial charge is 0.310 e. The second kappa shape index (κ2) is 5.67. The number of rotatable bonds is 4. The quantitative estimate of drug-likeness (QED) is 0.892. The third kappa shape index (κ3) is 4.90. The topological polar surface area (TPSA) is 37.3 Å². The minimum Gasteiger partial charge on any atom is -0.481 e. The van der Waals surface area contributed by atoms with Gasteiger partial charge in [-0.2, -0.15) is 0 Å². The lowest BCUT2D eigenvalue weighted by molar-refractivity contribution is -0.139. The van der Waals surface area contributed by atoms with Gasteiger partial charge in [0.25, 0.3) is 0 Å². The number of benzene rings is 1. The molecule has 0 aromatic heterocycles. The molecule has 0 radical (unpaired) electrons. The van der Waals surface area contributed by atoms with Gasteiger partial charge in [-0.3, -0.25) is 4.79 Å². The fourth-order valence-electron chi connectivity index (χ4n) is 1.73. The molecule has 1 aromatic rings. The van der Waals surface area contributed by atoms with Crippen LogP contribution in [0.25, 0.3) is 0 Å². The summed E-state index contributed by atoms with van der Waals surface area (Å²) in [5.41, 5.74) is 1.04. The highest BCUT2D eigenvalue weighted by Crippen LogP contribution is 2.30. The highest BCUT2D eigenvalue weighted by Gasteiger charge is 2.22. The van der Waals surface area contributed by atoms with Crippen LogP contribution in [0.15, 0.2) is 28.7 Å². The molecule has 0 saturated heterocycles. The second-order valence-corrected chi connectivity index (χ2v) is 6.46. The first-order valence-electron chi connectivity index (χ1n) is 5.78. The Bertz CT molecular complexity index is 393. The Labute approximate surface area is 111 Å². The number of carbonyl (C=O) groups is 1. The van der Waals surface area contributed by atoms with E-state index < -0.39 is 11.9 Å². The standard InChI is InChI=1S/C14H19BrO2/c1-14(2,3)8-7-12(13(16)17)10-5-4-6-11(15)9-10/h4-6,9,12H,7-8H2,1-3H3,(H,16,17). The van der Waals surface area contributed by atoms with Crippen LogP contribution in [-0.4, -0.2) is 11.1 Å². The van der Waals surface area contributed by atoms with Crippen molar-refractivity contribution in [3.05, 3.63) is 34.3 Å². The second-order valence-electron chi connectivity index (χ2n) is 5.55. The lowest BCUT2D eigenvalue weighted by atomic mass is 9.84. The molecule has 2 nitrogen and oxygen atoms in total. The van der Waals surface area contributed by atoms with Crippen molar-refractivity contribution in [2.45, 2.75) is 39.5 Å². The van der Waals surface area contributed by atoms with Gasteiger partial charge in [0.05, 0.1) is 5.92 Å². The van der Waals surface area contributed by atoms with E-state index in [2.05, 4.69) is 36.7 Å². The Morgan fingerprint density at radius 3 is 2.53 bits per heavy atom. The van der Waals surface area contributed by atoms with Crippen LogP contribution in [0.5, 0.6) is 0 Å². The van der Waals surface area contributed by atoms with Gasteiger partial charge >= 0.3 is 5.97 Å². The van der Waals surface area contributed by atoms with Crippen molar-refractivity contribution in [3.63, 3.8) is 0 Å². The molecule has 0 amide bonds. The first-order chi connectivity index (χ1) is 7.79. The Morgan fingerprint density at radius 2 is 2.06 bits per heavy atom. The minimum absolute atomic E-state index is 0.166. The lowest BCUT2D eigenvalue weighted by Crippen LogP contribution is -2.15. The zero-order valence-corrected chi connectivity index (χ0v) is 12.1. The SMILES string of the molecule is CC(C)(C)CCC(C(=O)O)c1cccc(Br)c1. The molecular weight excluding hydrogens is 280 g/mol. The van der Waals surface area contributed by atoms with Crippen molar-refractivity contribution in [1.29, 1.82) is 0 Å². The molecule has 0 aliphatic heterocycles. The maximum Gasteiger partial charge on any atom is 0.310 e. The van der Waals surface area contributed by atoms with Crippen molar-refractivity contribution in [2.24, 2.45) is 5.41 Å². The highest BCUT2D eigenvalue weighted by atomic mass is 79.9. The summed E-state index contributed by atoms with van der Waals surface area (Å²) in [5.74, 6) is -1.15. The minimum atomic E-state index is -0.743. The molecular formula is C14H19BrO2. The van der Waals surface area contributed by atoms with Gasteiger partial charge in [0, 0.05) is 4.47 Å². The van der Waals surface area contributed by atoms with E-state index in [4.69, 9.17) is 0 Å². The maximum atomic E-state index is 11.3. The van der Waals surface area contributed by atoms with Crippen LogP contribution in [0.1, 0.15) is 45.1 Å². The summed E-state index contributed by atoms with van der Waals surface area (Å²) in [6.07, 6.45) is 1.58. The molecule has 0 heterocycles. The van der Waals surface area contributed by atoms with E-state index in [0.29, 0.717) is 6.42 Å². The van der Waals surface area contributed by atoms with Gasteiger partial charge in [-0.15, -0.1) is 0 Å². The molecule has 94 valence electrons. The van der Waals surface area contributed by atoms with Gasteiger partial charge in [0.1, 0.15) is 0 Å².